The summed E-state index contributed by atoms with van der Waals surface area (Å²) in [5.41, 5.74) is 1.85. The van der Waals surface area contributed by atoms with E-state index >= 15 is 0 Å². The summed E-state index contributed by atoms with van der Waals surface area (Å²) in [6.07, 6.45) is 3.73. The van der Waals surface area contributed by atoms with Crippen molar-refractivity contribution >= 4 is 11.8 Å². The quantitative estimate of drug-likeness (QED) is 0.472. The summed E-state index contributed by atoms with van der Waals surface area (Å²) in [5, 5.41) is 0. The summed E-state index contributed by atoms with van der Waals surface area (Å²) in [7, 11) is 0. The molecule has 0 heterocycles. The van der Waals surface area contributed by atoms with Crippen LogP contribution in [0.4, 0.5) is 0 Å². The van der Waals surface area contributed by atoms with Crippen LogP contribution in [0.15, 0.2) is 11.6 Å². The van der Waals surface area contributed by atoms with Crippen molar-refractivity contribution < 1.29 is 19.8 Å². The van der Waals surface area contributed by atoms with E-state index in [4.69, 9.17) is 0 Å². The molecule has 2 heteroatoms. The molecule has 0 aromatic heterocycles. The van der Waals surface area contributed by atoms with Crippen LogP contribution < -0.4 is 0 Å². The number of hydrogen-bond acceptors (Lipinski definition) is 1. The zero-order chi connectivity index (χ0) is 12.1. The molecule has 0 spiro atoms. The third-order valence-electron chi connectivity index (χ3n) is 1.86. The first-order valence-corrected chi connectivity index (χ1v) is 8.19. The van der Waals surface area contributed by atoms with Gasteiger partial charge in [0.1, 0.15) is 0 Å². The molecule has 0 nitrogen and oxygen atoms in total. The van der Waals surface area contributed by atoms with Crippen LogP contribution in [-0.4, -0.2) is 11.5 Å². The van der Waals surface area contributed by atoms with E-state index in [2.05, 4.69) is 59.4 Å². The minimum atomic E-state index is 0.332. The number of rotatable bonds is 5. The topological polar surface area (TPSA) is 0 Å². The Morgan fingerprint density at radius 3 is 2.13 bits per heavy atom. The van der Waals surface area contributed by atoms with Gasteiger partial charge in [0, 0.05) is 0 Å². The Hall–Kier alpha value is 0.778. The second kappa shape index (κ2) is 6.50. The summed E-state index contributed by atoms with van der Waals surface area (Å²) >= 11 is 3.78. The van der Waals surface area contributed by atoms with Crippen molar-refractivity contribution in [2.45, 2.75) is 51.8 Å². The van der Waals surface area contributed by atoms with E-state index < -0.39 is 0 Å². The van der Waals surface area contributed by atoms with E-state index in [1.165, 1.54) is 23.5 Å². The van der Waals surface area contributed by atoms with E-state index in [9.17, 15) is 0 Å². The maximum atomic E-state index is 2.39. The van der Waals surface area contributed by atoms with Gasteiger partial charge in [-0.05, 0) is 0 Å². The van der Waals surface area contributed by atoms with E-state index in [1.54, 1.807) is 19.8 Å². The molecule has 0 N–H and O–H groups in total. The number of thioether (sulfide) groups is 1. The second-order valence-corrected chi connectivity index (χ2v) is 11.0. The monoisotopic (exact) mass is 397 g/mol. The standard InChI is InChI=1S/C13H25S.W/c1-11(2)7-8-14-10-12(3)9-13(4,5)6;/h9H,7-8,10H2,1-6H3;/b12-9-;. The molecule has 0 unspecified atom stereocenters. The first-order chi connectivity index (χ1) is 6.60. The molecule has 0 fully saturated rings. The van der Waals surface area contributed by atoms with Gasteiger partial charge in [0.25, 0.3) is 0 Å². The molecule has 0 saturated carbocycles. The molecule has 15 heavy (non-hydrogen) atoms. The van der Waals surface area contributed by atoms with Gasteiger partial charge in [0.05, 0.1) is 0 Å². The number of allylic oxidation sites excluding steroid dienone is 1. The zero-order valence-electron chi connectivity index (χ0n) is 11.0. The van der Waals surface area contributed by atoms with Gasteiger partial charge in [-0.15, -0.1) is 0 Å². The fourth-order valence-corrected chi connectivity index (χ4v) is 3.42. The van der Waals surface area contributed by atoms with Crippen molar-refractivity contribution in [3.05, 3.63) is 11.6 Å². The third kappa shape index (κ3) is 12.7. The van der Waals surface area contributed by atoms with Crippen molar-refractivity contribution in [3.8, 4) is 0 Å². The molecule has 0 aromatic rings. The first kappa shape index (κ1) is 15.8. The Bertz CT molecular complexity index is 206. The maximum absolute atomic E-state index is 2.39. The normalized spacial score (nSPS) is 14.4. The van der Waals surface area contributed by atoms with Crippen molar-refractivity contribution in [2.75, 3.05) is 11.5 Å². The van der Waals surface area contributed by atoms with E-state index in [1.807, 2.05) is 0 Å². The van der Waals surface area contributed by atoms with Gasteiger partial charge < -0.3 is 0 Å². The van der Waals surface area contributed by atoms with Crippen molar-refractivity contribution in [2.24, 2.45) is 5.41 Å². The SMILES string of the molecule is C/C(=C/C(C)(C)C)CSCC[C](C)(C)[W]. The van der Waals surface area contributed by atoms with Gasteiger partial charge in [-0.1, -0.05) is 0 Å². The molecule has 0 radical (unpaired) electrons. The van der Waals surface area contributed by atoms with E-state index in [0.717, 1.165) is 0 Å². The molecule has 0 saturated heterocycles. The summed E-state index contributed by atoms with van der Waals surface area (Å²) < 4.78 is 0.564. The Kier molecular flexibility index (Phi) is 6.84. The average molecular weight is 397 g/mol. The van der Waals surface area contributed by atoms with Gasteiger partial charge >= 0.3 is 112 Å². The summed E-state index contributed by atoms with van der Waals surface area (Å²) in [6.45, 7) is 13.7. The Balaban J connectivity index is 3.74. The van der Waals surface area contributed by atoms with Gasteiger partial charge in [-0.25, -0.2) is 0 Å². The van der Waals surface area contributed by atoms with Crippen LogP contribution in [0, 0.1) is 5.41 Å². The molecular formula is C13H25SW. The molecule has 0 aliphatic heterocycles. The predicted octanol–water partition coefficient (Wildman–Crippen LogP) is 4.85. The molecule has 89 valence electrons. The van der Waals surface area contributed by atoms with E-state index in [-0.39, 0.29) is 0 Å². The van der Waals surface area contributed by atoms with Crippen molar-refractivity contribution in [1.82, 2.24) is 0 Å². The van der Waals surface area contributed by atoms with Crippen LogP contribution in [0.3, 0.4) is 0 Å². The molecule has 0 aliphatic carbocycles. The summed E-state index contributed by atoms with van der Waals surface area (Å²) in [4.78, 5) is 0. The van der Waals surface area contributed by atoms with Gasteiger partial charge in [0.15, 0.2) is 0 Å². The molecular weight excluding hydrogens is 372 g/mol. The van der Waals surface area contributed by atoms with E-state index in [0.29, 0.717) is 9.22 Å². The fourth-order valence-electron chi connectivity index (χ4n) is 1.33. The Morgan fingerprint density at radius 1 is 1.20 bits per heavy atom. The van der Waals surface area contributed by atoms with Gasteiger partial charge in [-0.2, -0.15) is 0 Å². The molecule has 0 amide bonds. The second-order valence-electron chi connectivity index (χ2n) is 5.92. The van der Waals surface area contributed by atoms with Crippen LogP contribution in [0.1, 0.15) is 48.0 Å². The molecule has 0 atom stereocenters. The van der Waals surface area contributed by atoms with Crippen LogP contribution in [0.5, 0.6) is 0 Å². The molecule has 0 aliphatic rings. The zero-order valence-corrected chi connectivity index (χ0v) is 14.8. The van der Waals surface area contributed by atoms with Gasteiger partial charge in [-0.3, -0.25) is 0 Å². The summed E-state index contributed by atoms with van der Waals surface area (Å²) in [5.74, 6) is 2.49. The Labute approximate surface area is 112 Å². The molecule has 0 bridgehead atoms. The van der Waals surface area contributed by atoms with Crippen LogP contribution in [0.2, 0.25) is 3.80 Å². The first-order valence-electron chi connectivity index (χ1n) is 5.57. The van der Waals surface area contributed by atoms with Crippen molar-refractivity contribution in [1.29, 1.82) is 0 Å². The molecule has 0 aromatic carbocycles. The van der Waals surface area contributed by atoms with Crippen LogP contribution >= 0.6 is 11.8 Å². The third-order valence-corrected chi connectivity index (χ3v) is 3.74. The van der Waals surface area contributed by atoms with Gasteiger partial charge in [0.2, 0.25) is 0 Å². The predicted molar refractivity (Wildman–Crippen MR) is 69.2 cm³/mol. The van der Waals surface area contributed by atoms with Crippen molar-refractivity contribution in [3.63, 3.8) is 0 Å². The van der Waals surface area contributed by atoms with Crippen LogP contribution in [0.25, 0.3) is 0 Å². The Morgan fingerprint density at radius 2 is 1.73 bits per heavy atom. The fraction of sp³-hybridized carbons (Fsp3) is 0.846. The minimum absolute atomic E-state index is 0.332. The number of hydrogen-bond donors (Lipinski definition) is 0. The summed E-state index contributed by atoms with van der Waals surface area (Å²) in [6, 6.07) is 0. The molecule has 0 rings (SSSR count). The van der Waals surface area contributed by atoms with Crippen LogP contribution in [-0.2, 0) is 19.8 Å². The average Bonchev–Trinajstić information content (AvgIpc) is 1.92.